The summed E-state index contributed by atoms with van der Waals surface area (Å²) in [5.41, 5.74) is 3.38. The molecule has 0 radical (unpaired) electrons. The van der Waals surface area contributed by atoms with Crippen molar-refractivity contribution in [1.29, 1.82) is 0 Å². The first-order chi connectivity index (χ1) is 14.7. The molecule has 1 aliphatic heterocycles. The summed E-state index contributed by atoms with van der Waals surface area (Å²) in [5, 5.41) is 23.8. The largest absolute Gasteiger partial charge is 0.393 e. The third kappa shape index (κ3) is 4.02. The number of fused-ring (bicyclic) bond motifs is 1. The average molecular weight is 426 g/mol. The third-order valence-electron chi connectivity index (χ3n) is 6.83. The molecule has 8 heteroatoms. The van der Waals surface area contributed by atoms with Crippen LogP contribution in [0.25, 0.3) is 10.9 Å². The quantitative estimate of drug-likeness (QED) is 0.574. The van der Waals surface area contributed by atoms with Crippen molar-refractivity contribution in [2.45, 2.75) is 71.6 Å². The van der Waals surface area contributed by atoms with E-state index in [-0.39, 0.29) is 23.2 Å². The molecule has 3 N–H and O–H groups in total. The van der Waals surface area contributed by atoms with Gasteiger partial charge in [0.1, 0.15) is 0 Å². The molecule has 31 heavy (non-hydrogen) atoms. The van der Waals surface area contributed by atoms with Crippen molar-refractivity contribution in [3.8, 4) is 0 Å². The molecule has 2 aromatic heterocycles. The molecule has 4 rings (SSSR count). The third-order valence-corrected chi connectivity index (χ3v) is 6.83. The van der Waals surface area contributed by atoms with E-state index in [1.807, 2.05) is 17.7 Å². The fourth-order valence-electron chi connectivity index (χ4n) is 4.68. The molecule has 166 valence electrons. The summed E-state index contributed by atoms with van der Waals surface area (Å²) < 4.78 is 1.88. The highest BCUT2D eigenvalue weighted by Gasteiger charge is 2.38. The maximum absolute atomic E-state index is 13.3. The highest BCUT2D eigenvalue weighted by atomic mass is 16.3. The number of nitrogens with one attached hydrogen (secondary N) is 2. The van der Waals surface area contributed by atoms with Gasteiger partial charge in [-0.05, 0) is 67.6 Å². The lowest BCUT2D eigenvalue weighted by molar-refractivity contribution is -0.932. The van der Waals surface area contributed by atoms with Crippen molar-refractivity contribution in [2.75, 3.05) is 13.1 Å². The minimum absolute atomic E-state index is 0.105. The Morgan fingerprint density at radius 1 is 1.26 bits per heavy atom. The number of aliphatic hydroxyl groups excluding tert-OH is 1. The molecular formula is C23H33N6O2+. The number of H-pyrrole nitrogens is 1. The smallest absolute Gasteiger partial charge is 0.258 e. The normalized spacial score (nSPS) is 20.8. The number of likely N-dealkylation sites (tertiary alicyclic amines) is 1. The van der Waals surface area contributed by atoms with Crippen LogP contribution in [-0.4, -0.2) is 49.5 Å². The number of nitrogens with zero attached hydrogens (tertiary/aromatic N) is 4. The number of rotatable bonds is 5. The Bertz CT molecular complexity index is 1140. The summed E-state index contributed by atoms with van der Waals surface area (Å²) in [5.74, 6) is 0.701. The Balaban J connectivity index is 1.92. The van der Waals surface area contributed by atoms with Crippen LogP contribution in [-0.2, 0) is 5.54 Å². The van der Waals surface area contributed by atoms with E-state index in [4.69, 9.17) is 0 Å². The van der Waals surface area contributed by atoms with Crippen LogP contribution in [0.2, 0.25) is 0 Å². The van der Waals surface area contributed by atoms with Crippen LogP contribution in [0.5, 0.6) is 0 Å². The zero-order valence-electron chi connectivity index (χ0n) is 19.1. The summed E-state index contributed by atoms with van der Waals surface area (Å²) in [4.78, 5) is 17.7. The second-order valence-electron chi connectivity index (χ2n) is 9.54. The highest BCUT2D eigenvalue weighted by Crippen LogP contribution is 2.26. The zero-order valence-corrected chi connectivity index (χ0v) is 19.1. The Hall–Kier alpha value is -2.58. The van der Waals surface area contributed by atoms with Gasteiger partial charge in [0.15, 0.2) is 6.04 Å². The van der Waals surface area contributed by atoms with E-state index >= 15 is 0 Å². The first-order valence-corrected chi connectivity index (χ1v) is 11.2. The van der Waals surface area contributed by atoms with E-state index in [1.165, 1.54) is 4.90 Å². The van der Waals surface area contributed by atoms with Gasteiger partial charge in [0.2, 0.25) is 5.82 Å². The van der Waals surface area contributed by atoms with Gasteiger partial charge in [-0.3, -0.25) is 4.79 Å². The number of aryl methyl sites for hydroxylation is 2. The number of piperidine rings is 1. The molecule has 0 bridgehead atoms. The molecule has 8 nitrogen and oxygen atoms in total. The fraction of sp³-hybridized carbons (Fsp3) is 0.565. The van der Waals surface area contributed by atoms with Crippen LogP contribution in [0.1, 0.15) is 68.6 Å². The van der Waals surface area contributed by atoms with Crippen molar-refractivity contribution >= 4 is 10.9 Å². The molecule has 0 spiro atoms. The Morgan fingerprint density at radius 3 is 2.65 bits per heavy atom. The van der Waals surface area contributed by atoms with E-state index < -0.39 is 0 Å². The number of pyridine rings is 1. The zero-order chi connectivity index (χ0) is 22.3. The standard InChI is InChI=1S/C23H32N6O2/c1-6-23(4,5)29-21(25-26-27-29)20(28-9-7-17(30)8-10-28)18-13-16-12-14(2)11-15(3)19(16)24-22(18)31/h11-13,17,20,30H,6-10H2,1-5H3,(H,24,31)/p+1/t20-/m1/s1. The topological polar surface area (TPSA) is 101 Å². The van der Waals surface area contributed by atoms with E-state index in [0.717, 1.165) is 41.5 Å². The van der Waals surface area contributed by atoms with Crippen molar-refractivity contribution in [1.82, 2.24) is 25.2 Å². The van der Waals surface area contributed by atoms with Crippen LogP contribution in [0.3, 0.4) is 0 Å². The van der Waals surface area contributed by atoms with Gasteiger partial charge in [0.25, 0.3) is 5.56 Å². The number of quaternary nitrogens is 1. The van der Waals surface area contributed by atoms with Gasteiger partial charge >= 0.3 is 0 Å². The van der Waals surface area contributed by atoms with E-state index in [9.17, 15) is 9.90 Å². The van der Waals surface area contributed by atoms with E-state index in [0.29, 0.717) is 24.2 Å². The first kappa shape index (κ1) is 21.6. The maximum atomic E-state index is 13.3. The summed E-state index contributed by atoms with van der Waals surface area (Å²) in [6.45, 7) is 11.9. The van der Waals surface area contributed by atoms with Gasteiger partial charge in [0, 0.05) is 12.8 Å². The monoisotopic (exact) mass is 425 g/mol. The number of hydrogen-bond donors (Lipinski definition) is 3. The lowest BCUT2D eigenvalue weighted by atomic mass is 9.96. The van der Waals surface area contributed by atoms with Gasteiger partial charge < -0.3 is 15.0 Å². The van der Waals surface area contributed by atoms with Gasteiger partial charge in [-0.1, -0.05) is 18.6 Å². The number of hydrogen-bond acceptors (Lipinski definition) is 5. The molecule has 3 heterocycles. The van der Waals surface area contributed by atoms with Gasteiger partial charge in [0.05, 0.1) is 35.8 Å². The number of aliphatic hydroxyl groups is 1. The second-order valence-corrected chi connectivity index (χ2v) is 9.54. The lowest BCUT2D eigenvalue weighted by Gasteiger charge is -2.34. The van der Waals surface area contributed by atoms with Crippen molar-refractivity contribution in [3.63, 3.8) is 0 Å². The van der Waals surface area contributed by atoms with Crippen molar-refractivity contribution < 1.29 is 10.0 Å². The molecule has 0 unspecified atom stereocenters. The van der Waals surface area contributed by atoms with E-state index in [2.05, 4.69) is 60.3 Å². The van der Waals surface area contributed by atoms with Gasteiger partial charge in [-0.15, -0.1) is 5.10 Å². The molecule has 1 aromatic carbocycles. The number of aromatic amines is 1. The predicted octanol–water partition coefficient (Wildman–Crippen LogP) is 1.41. The molecule has 0 aliphatic carbocycles. The summed E-state index contributed by atoms with van der Waals surface area (Å²) in [7, 11) is 0. The van der Waals surface area contributed by atoms with Gasteiger partial charge in [-0.25, -0.2) is 4.68 Å². The Labute approximate surface area is 182 Å². The lowest BCUT2D eigenvalue weighted by Crippen LogP contribution is -3.14. The Morgan fingerprint density at radius 2 is 1.97 bits per heavy atom. The van der Waals surface area contributed by atoms with Crippen LogP contribution in [0.15, 0.2) is 23.0 Å². The number of benzene rings is 1. The van der Waals surface area contributed by atoms with Gasteiger partial charge in [-0.2, -0.15) is 0 Å². The fourth-order valence-corrected chi connectivity index (χ4v) is 4.68. The molecule has 1 aliphatic rings. The molecule has 0 saturated carbocycles. The second kappa shape index (κ2) is 8.16. The molecule has 1 atom stereocenters. The molecule has 3 aromatic rings. The SMILES string of the molecule is CCC(C)(C)n1nnnc1[C@@H](c1cc2cc(C)cc(C)c2[nH]c1=O)[NH+]1CCC(O)CC1. The minimum Gasteiger partial charge on any atom is -0.393 e. The molecule has 1 saturated heterocycles. The average Bonchev–Trinajstić information content (AvgIpc) is 3.21. The minimum atomic E-state index is -0.303. The summed E-state index contributed by atoms with van der Waals surface area (Å²) >= 11 is 0. The number of tetrazole rings is 1. The summed E-state index contributed by atoms with van der Waals surface area (Å²) in [6.07, 6.45) is 1.98. The van der Waals surface area contributed by atoms with Crippen LogP contribution >= 0.6 is 0 Å². The van der Waals surface area contributed by atoms with Crippen molar-refractivity contribution in [2.24, 2.45) is 0 Å². The molecule has 1 fully saturated rings. The van der Waals surface area contributed by atoms with Crippen LogP contribution < -0.4 is 10.5 Å². The van der Waals surface area contributed by atoms with Crippen LogP contribution in [0, 0.1) is 13.8 Å². The summed E-state index contributed by atoms with van der Waals surface area (Å²) in [6, 6.07) is 5.89. The van der Waals surface area contributed by atoms with Crippen LogP contribution in [0.4, 0.5) is 0 Å². The Kier molecular flexibility index (Phi) is 5.70. The van der Waals surface area contributed by atoms with Crippen molar-refractivity contribution in [3.05, 3.63) is 51.1 Å². The number of aromatic nitrogens is 5. The van der Waals surface area contributed by atoms with E-state index in [1.54, 1.807) is 0 Å². The first-order valence-electron chi connectivity index (χ1n) is 11.2. The molecular weight excluding hydrogens is 392 g/mol. The molecule has 0 amide bonds. The predicted molar refractivity (Wildman–Crippen MR) is 119 cm³/mol. The highest BCUT2D eigenvalue weighted by molar-refractivity contribution is 5.83. The maximum Gasteiger partial charge on any atom is 0.258 e.